The number of carbonyl (C=O) groups excluding carboxylic acids is 2. The Kier molecular flexibility index (Phi) is 8.44. The number of anilines is 1. The van der Waals surface area contributed by atoms with Gasteiger partial charge in [-0.05, 0) is 37.1 Å². The first-order valence-electron chi connectivity index (χ1n) is 10.8. The van der Waals surface area contributed by atoms with E-state index in [-0.39, 0.29) is 18.4 Å². The maximum atomic E-state index is 12.2. The lowest BCUT2D eigenvalue weighted by Crippen LogP contribution is -2.50. The smallest absolute Gasteiger partial charge is 0.243 e. The predicted octanol–water partition coefficient (Wildman–Crippen LogP) is 2.05. The summed E-state index contributed by atoms with van der Waals surface area (Å²) in [7, 11) is 0. The van der Waals surface area contributed by atoms with Crippen molar-refractivity contribution in [2.75, 3.05) is 57.7 Å². The van der Waals surface area contributed by atoms with Gasteiger partial charge in [-0.2, -0.15) is 0 Å². The summed E-state index contributed by atoms with van der Waals surface area (Å²) in [6.07, 6.45) is 0. The van der Waals surface area contributed by atoms with Crippen molar-refractivity contribution in [1.29, 1.82) is 0 Å². The lowest BCUT2D eigenvalue weighted by atomic mass is 10.1. The van der Waals surface area contributed by atoms with Crippen molar-refractivity contribution >= 4 is 17.5 Å². The summed E-state index contributed by atoms with van der Waals surface area (Å²) in [4.78, 5) is 28.9. The van der Waals surface area contributed by atoms with Crippen molar-refractivity contribution in [1.82, 2.24) is 15.1 Å². The maximum absolute atomic E-state index is 12.2. The maximum Gasteiger partial charge on any atom is 0.243 e. The minimum Gasteiger partial charge on any atom is -0.492 e. The van der Waals surface area contributed by atoms with Gasteiger partial charge < -0.3 is 15.4 Å². The van der Waals surface area contributed by atoms with E-state index < -0.39 is 0 Å². The molecule has 0 atom stereocenters. The van der Waals surface area contributed by atoms with E-state index in [9.17, 15) is 9.59 Å². The Hall–Kier alpha value is -2.90. The van der Waals surface area contributed by atoms with Gasteiger partial charge in [-0.1, -0.05) is 36.4 Å². The number of nitrogens with zero attached hydrogens (tertiary/aromatic N) is 2. The zero-order valence-corrected chi connectivity index (χ0v) is 18.4. The molecule has 1 aliphatic heterocycles. The van der Waals surface area contributed by atoms with Crippen LogP contribution in [-0.4, -0.2) is 74.0 Å². The lowest BCUT2D eigenvalue weighted by molar-refractivity contribution is -0.125. The zero-order valence-electron chi connectivity index (χ0n) is 18.4. The molecular formula is C24H32N4O3. The number of benzene rings is 2. The Balaban J connectivity index is 1.30. The quantitative estimate of drug-likeness (QED) is 0.645. The fourth-order valence-corrected chi connectivity index (χ4v) is 3.61. The molecule has 1 aliphatic rings. The number of aryl methyl sites for hydroxylation is 2. The highest BCUT2D eigenvalue weighted by Crippen LogP contribution is 2.19. The summed E-state index contributed by atoms with van der Waals surface area (Å²) in [5.74, 6) is 0.547. The second kappa shape index (κ2) is 11.5. The molecule has 2 amide bonds. The minimum absolute atomic E-state index is 0.0244. The highest BCUT2D eigenvalue weighted by atomic mass is 16.5. The van der Waals surface area contributed by atoms with E-state index in [4.69, 9.17) is 4.74 Å². The summed E-state index contributed by atoms with van der Waals surface area (Å²) in [6, 6.07) is 15.7. The first-order chi connectivity index (χ1) is 15.0. The molecule has 1 heterocycles. The van der Waals surface area contributed by atoms with Gasteiger partial charge >= 0.3 is 0 Å². The first-order valence-corrected chi connectivity index (χ1v) is 10.8. The van der Waals surface area contributed by atoms with Crippen molar-refractivity contribution in [3.8, 4) is 5.75 Å². The van der Waals surface area contributed by atoms with E-state index in [2.05, 4.69) is 20.4 Å². The molecule has 0 saturated carbocycles. The monoisotopic (exact) mass is 424 g/mol. The van der Waals surface area contributed by atoms with Crippen LogP contribution in [0.1, 0.15) is 11.1 Å². The van der Waals surface area contributed by atoms with E-state index in [0.717, 1.165) is 55.3 Å². The van der Waals surface area contributed by atoms with Gasteiger partial charge in [0, 0.05) is 38.4 Å². The van der Waals surface area contributed by atoms with Gasteiger partial charge in [0.05, 0.1) is 13.1 Å². The highest BCUT2D eigenvalue weighted by molar-refractivity contribution is 5.95. The molecule has 0 aromatic heterocycles. The van der Waals surface area contributed by atoms with E-state index in [1.165, 1.54) is 0 Å². The van der Waals surface area contributed by atoms with Crippen LogP contribution in [0.3, 0.4) is 0 Å². The van der Waals surface area contributed by atoms with Crippen molar-refractivity contribution in [3.63, 3.8) is 0 Å². The Morgan fingerprint density at radius 1 is 0.871 bits per heavy atom. The topological polar surface area (TPSA) is 73.9 Å². The Labute approximate surface area is 184 Å². The fraction of sp³-hybridized carbons (Fsp3) is 0.417. The molecule has 0 spiro atoms. The van der Waals surface area contributed by atoms with Gasteiger partial charge in [0.2, 0.25) is 11.8 Å². The molecule has 1 fully saturated rings. The highest BCUT2D eigenvalue weighted by Gasteiger charge is 2.19. The number of hydrogen-bond donors (Lipinski definition) is 2. The van der Waals surface area contributed by atoms with E-state index >= 15 is 0 Å². The van der Waals surface area contributed by atoms with Crippen LogP contribution < -0.4 is 15.4 Å². The predicted molar refractivity (Wildman–Crippen MR) is 122 cm³/mol. The summed E-state index contributed by atoms with van der Waals surface area (Å²) >= 11 is 0. The van der Waals surface area contributed by atoms with Crippen LogP contribution in [0.25, 0.3) is 0 Å². The number of para-hydroxylation sites is 2. The van der Waals surface area contributed by atoms with Crippen LogP contribution >= 0.6 is 0 Å². The van der Waals surface area contributed by atoms with Crippen LogP contribution in [0.5, 0.6) is 5.75 Å². The minimum atomic E-state index is -0.214. The second-order valence-electron chi connectivity index (χ2n) is 7.87. The summed E-state index contributed by atoms with van der Waals surface area (Å²) in [5.41, 5.74) is 2.83. The summed E-state index contributed by atoms with van der Waals surface area (Å²) < 4.78 is 5.75. The summed E-state index contributed by atoms with van der Waals surface area (Å²) in [6.45, 7) is 9.17. The van der Waals surface area contributed by atoms with E-state index in [0.29, 0.717) is 13.2 Å². The number of amides is 2. The van der Waals surface area contributed by atoms with Crippen LogP contribution in [0.4, 0.5) is 5.69 Å². The number of hydrogen-bond acceptors (Lipinski definition) is 5. The first kappa shape index (κ1) is 22.8. The van der Waals surface area contributed by atoms with Crippen LogP contribution in [-0.2, 0) is 9.59 Å². The zero-order chi connectivity index (χ0) is 22.1. The van der Waals surface area contributed by atoms with Crippen molar-refractivity contribution in [3.05, 3.63) is 59.7 Å². The normalized spacial score (nSPS) is 14.8. The molecule has 2 aromatic rings. The summed E-state index contributed by atoms with van der Waals surface area (Å²) in [5, 5.41) is 5.62. The van der Waals surface area contributed by atoms with E-state index in [1.807, 2.05) is 62.4 Å². The van der Waals surface area contributed by atoms with Crippen LogP contribution in [0.2, 0.25) is 0 Å². The third kappa shape index (κ3) is 7.38. The van der Waals surface area contributed by atoms with Crippen LogP contribution in [0.15, 0.2) is 48.5 Å². The standard InChI is InChI=1S/C24H32N4O3/c1-19-7-6-8-20(2)24(19)26-22(29)17-25-23(30)18-28-13-11-27(12-14-28)15-16-31-21-9-4-3-5-10-21/h3-10H,11-18H2,1-2H3,(H,25,30)(H,26,29). The molecule has 31 heavy (non-hydrogen) atoms. The molecule has 7 nitrogen and oxygen atoms in total. The van der Waals surface area contributed by atoms with E-state index in [1.54, 1.807) is 0 Å². The number of ether oxygens (including phenoxy) is 1. The second-order valence-corrected chi connectivity index (χ2v) is 7.87. The van der Waals surface area contributed by atoms with Crippen LogP contribution in [0, 0.1) is 13.8 Å². The number of piperazine rings is 1. The number of rotatable bonds is 9. The van der Waals surface area contributed by atoms with Gasteiger partial charge in [0.25, 0.3) is 0 Å². The molecule has 166 valence electrons. The molecule has 0 unspecified atom stereocenters. The third-order valence-electron chi connectivity index (χ3n) is 5.44. The molecule has 1 saturated heterocycles. The Morgan fingerprint density at radius 2 is 1.52 bits per heavy atom. The Bertz CT molecular complexity index is 844. The SMILES string of the molecule is Cc1cccc(C)c1NC(=O)CNC(=O)CN1CCN(CCOc2ccccc2)CC1. The van der Waals surface area contributed by atoms with Gasteiger partial charge in [-0.15, -0.1) is 0 Å². The molecule has 2 N–H and O–H groups in total. The Morgan fingerprint density at radius 3 is 2.19 bits per heavy atom. The average molecular weight is 425 g/mol. The van der Waals surface area contributed by atoms with Gasteiger partial charge in [0.15, 0.2) is 0 Å². The van der Waals surface area contributed by atoms with Gasteiger partial charge in [-0.25, -0.2) is 0 Å². The molecular weight excluding hydrogens is 392 g/mol. The van der Waals surface area contributed by atoms with Gasteiger partial charge in [-0.3, -0.25) is 19.4 Å². The molecule has 2 aromatic carbocycles. The lowest BCUT2D eigenvalue weighted by Gasteiger charge is -2.34. The number of carbonyl (C=O) groups is 2. The average Bonchev–Trinajstić information content (AvgIpc) is 2.77. The van der Waals surface area contributed by atoms with Crippen molar-refractivity contribution in [2.24, 2.45) is 0 Å². The van der Waals surface area contributed by atoms with Crippen molar-refractivity contribution < 1.29 is 14.3 Å². The van der Waals surface area contributed by atoms with Gasteiger partial charge in [0.1, 0.15) is 12.4 Å². The largest absolute Gasteiger partial charge is 0.492 e. The molecule has 7 heteroatoms. The third-order valence-corrected chi connectivity index (χ3v) is 5.44. The molecule has 3 rings (SSSR count). The fourth-order valence-electron chi connectivity index (χ4n) is 3.61. The molecule has 0 aliphatic carbocycles. The molecule has 0 radical (unpaired) electrons. The molecule has 0 bridgehead atoms. The van der Waals surface area contributed by atoms with Crippen molar-refractivity contribution in [2.45, 2.75) is 13.8 Å². The number of nitrogens with one attached hydrogen (secondary N) is 2.